The first-order chi connectivity index (χ1) is 9.70. The quantitative estimate of drug-likeness (QED) is 0.731. The lowest BCUT2D eigenvalue weighted by molar-refractivity contribution is 0.199. The molecule has 0 aliphatic carbocycles. The van der Waals surface area contributed by atoms with Crippen molar-refractivity contribution in [3.8, 4) is 10.6 Å². The van der Waals surface area contributed by atoms with Crippen molar-refractivity contribution in [3.63, 3.8) is 0 Å². The third-order valence-electron chi connectivity index (χ3n) is 2.88. The van der Waals surface area contributed by atoms with Crippen LogP contribution in [0.2, 0.25) is 0 Å². The van der Waals surface area contributed by atoms with Gasteiger partial charge in [0.15, 0.2) is 11.7 Å². The zero-order valence-electron chi connectivity index (χ0n) is 11.7. The first-order valence-electron chi connectivity index (χ1n) is 6.61. The third kappa shape index (κ3) is 4.41. The van der Waals surface area contributed by atoms with Crippen molar-refractivity contribution in [2.24, 2.45) is 0 Å². The van der Waals surface area contributed by atoms with E-state index in [1.807, 2.05) is 6.20 Å². The Morgan fingerprint density at radius 1 is 1.45 bits per heavy atom. The molecule has 2 aromatic rings. The number of hydrogen-bond acceptors (Lipinski definition) is 5. The van der Waals surface area contributed by atoms with E-state index in [1.165, 1.54) is 5.56 Å². The van der Waals surface area contributed by atoms with Gasteiger partial charge in [-0.05, 0) is 47.4 Å². The van der Waals surface area contributed by atoms with Crippen molar-refractivity contribution < 1.29 is 9.15 Å². The van der Waals surface area contributed by atoms with E-state index < -0.39 is 0 Å². The Balaban J connectivity index is 1.80. The van der Waals surface area contributed by atoms with Crippen LogP contribution in [-0.4, -0.2) is 31.8 Å². The number of halogens is 1. The Labute approximate surface area is 131 Å². The molecule has 2 rings (SSSR count). The highest BCUT2D eigenvalue weighted by atomic mass is 79.9. The summed E-state index contributed by atoms with van der Waals surface area (Å²) >= 11 is 5.20. The van der Waals surface area contributed by atoms with Crippen LogP contribution in [-0.2, 0) is 11.2 Å². The maximum absolute atomic E-state index is 5.79. The van der Waals surface area contributed by atoms with E-state index >= 15 is 0 Å². The van der Waals surface area contributed by atoms with E-state index in [4.69, 9.17) is 9.15 Å². The third-order valence-corrected chi connectivity index (χ3v) is 5.03. The van der Waals surface area contributed by atoms with E-state index in [2.05, 4.69) is 39.2 Å². The van der Waals surface area contributed by atoms with E-state index in [0.29, 0.717) is 0 Å². The Hall–Kier alpha value is -0.690. The molecule has 0 aromatic carbocycles. The second-order valence-corrected chi connectivity index (χ2v) is 6.90. The molecule has 0 saturated heterocycles. The molecule has 0 unspecified atom stereocenters. The summed E-state index contributed by atoms with van der Waals surface area (Å²) in [6.45, 7) is 4.66. The van der Waals surface area contributed by atoms with Crippen LogP contribution in [0.5, 0.6) is 0 Å². The summed E-state index contributed by atoms with van der Waals surface area (Å²) < 4.78 is 11.9. The highest BCUT2D eigenvalue weighted by molar-refractivity contribution is 9.11. The number of hydrogen-bond donors (Lipinski definition) is 1. The van der Waals surface area contributed by atoms with Gasteiger partial charge in [0, 0.05) is 20.1 Å². The van der Waals surface area contributed by atoms with Gasteiger partial charge in [-0.15, -0.1) is 11.3 Å². The number of oxazole rings is 1. The fourth-order valence-electron chi connectivity index (χ4n) is 1.78. The molecule has 0 saturated carbocycles. The van der Waals surface area contributed by atoms with Gasteiger partial charge in [0.05, 0.1) is 21.5 Å². The number of nitrogens with one attached hydrogen (secondary N) is 1. The van der Waals surface area contributed by atoms with Crippen LogP contribution in [0.4, 0.5) is 0 Å². The highest BCUT2D eigenvalue weighted by Gasteiger charge is 2.10. The maximum Gasteiger partial charge on any atom is 0.194 e. The van der Waals surface area contributed by atoms with Gasteiger partial charge in [0.2, 0.25) is 0 Å². The Kier molecular flexibility index (Phi) is 6.22. The first-order valence-corrected chi connectivity index (χ1v) is 8.22. The molecule has 20 heavy (non-hydrogen) atoms. The number of methoxy groups -OCH3 is 1. The van der Waals surface area contributed by atoms with Gasteiger partial charge in [-0.1, -0.05) is 0 Å². The standard InChI is InChI=1S/C14H19BrN2O2S/c1-10-8-12(20-14(10)15)11-9-17-13(19-11)4-3-5-16-6-7-18-2/h8-9,16H,3-7H2,1-2H3. The summed E-state index contributed by atoms with van der Waals surface area (Å²) in [5.74, 6) is 1.65. The first kappa shape index (κ1) is 15.7. The van der Waals surface area contributed by atoms with Crippen molar-refractivity contribution in [3.05, 3.63) is 27.5 Å². The Morgan fingerprint density at radius 3 is 3.00 bits per heavy atom. The molecule has 0 fully saturated rings. The molecule has 110 valence electrons. The second-order valence-electron chi connectivity index (χ2n) is 4.53. The molecule has 0 atom stereocenters. The van der Waals surface area contributed by atoms with Crippen molar-refractivity contribution in [1.82, 2.24) is 10.3 Å². The Bertz CT molecular complexity index is 520. The minimum Gasteiger partial charge on any atom is -0.440 e. The molecule has 0 aliphatic heterocycles. The topological polar surface area (TPSA) is 47.3 Å². The van der Waals surface area contributed by atoms with Crippen molar-refractivity contribution >= 4 is 27.3 Å². The number of aromatic nitrogens is 1. The molecule has 0 amide bonds. The summed E-state index contributed by atoms with van der Waals surface area (Å²) in [5.41, 5.74) is 1.23. The lowest BCUT2D eigenvalue weighted by Crippen LogP contribution is -2.20. The van der Waals surface area contributed by atoms with E-state index in [9.17, 15) is 0 Å². The zero-order chi connectivity index (χ0) is 14.4. The monoisotopic (exact) mass is 358 g/mol. The minimum absolute atomic E-state index is 0.746. The minimum atomic E-state index is 0.746. The van der Waals surface area contributed by atoms with Gasteiger partial charge in [-0.2, -0.15) is 0 Å². The molecular formula is C14H19BrN2O2S. The molecule has 0 spiro atoms. The average molecular weight is 359 g/mol. The lowest BCUT2D eigenvalue weighted by Gasteiger charge is -2.01. The predicted octanol–water partition coefficient (Wildman–Crippen LogP) is 3.64. The van der Waals surface area contributed by atoms with Crippen LogP contribution in [0, 0.1) is 6.92 Å². The summed E-state index contributed by atoms with van der Waals surface area (Å²) in [6, 6.07) is 2.12. The summed E-state index contributed by atoms with van der Waals surface area (Å²) in [7, 11) is 1.71. The second kappa shape index (κ2) is 7.93. The number of rotatable bonds is 8. The van der Waals surface area contributed by atoms with Gasteiger partial charge in [0.25, 0.3) is 0 Å². The van der Waals surface area contributed by atoms with Crippen LogP contribution < -0.4 is 5.32 Å². The van der Waals surface area contributed by atoms with E-state index in [1.54, 1.807) is 18.4 Å². The molecule has 2 heterocycles. The van der Waals surface area contributed by atoms with Gasteiger partial charge < -0.3 is 14.5 Å². The van der Waals surface area contributed by atoms with Gasteiger partial charge >= 0.3 is 0 Å². The van der Waals surface area contributed by atoms with Crippen LogP contribution in [0.3, 0.4) is 0 Å². The number of aryl methyl sites for hydroxylation is 2. The lowest BCUT2D eigenvalue weighted by atomic mass is 10.3. The van der Waals surface area contributed by atoms with Crippen LogP contribution in [0.15, 0.2) is 20.5 Å². The highest BCUT2D eigenvalue weighted by Crippen LogP contribution is 2.34. The molecule has 0 aliphatic rings. The normalized spacial score (nSPS) is 11.2. The van der Waals surface area contributed by atoms with Gasteiger partial charge in [0.1, 0.15) is 0 Å². The summed E-state index contributed by atoms with van der Waals surface area (Å²) in [4.78, 5) is 5.45. The molecule has 1 N–H and O–H groups in total. The zero-order valence-corrected chi connectivity index (χ0v) is 14.1. The molecule has 6 heteroatoms. The number of thiophene rings is 1. The molecule has 4 nitrogen and oxygen atoms in total. The van der Waals surface area contributed by atoms with Crippen LogP contribution in [0.25, 0.3) is 10.6 Å². The molecule has 0 radical (unpaired) electrons. The van der Waals surface area contributed by atoms with Crippen molar-refractivity contribution in [2.75, 3.05) is 26.8 Å². The fourth-order valence-corrected chi connectivity index (χ4v) is 3.27. The molecular weight excluding hydrogens is 340 g/mol. The maximum atomic E-state index is 5.79. The summed E-state index contributed by atoms with van der Waals surface area (Å²) in [6.07, 6.45) is 3.67. The molecule has 2 aromatic heterocycles. The largest absolute Gasteiger partial charge is 0.440 e. The van der Waals surface area contributed by atoms with E-state index in [-0.39, 0.29) is 0 Å². The van der Waals surface area contributed by atoms with Gasteiger partial charge in [-0.25, -0.2) is 4.98 Å². The van der Waals surface area contributed by atoms with Crippen LogP contribution >= 0.6 is 27.3 Å². The van der Waals surface area contributed by atoms with Crippen LogP contribution in [0.1, 0.15) is 17.9 Å². The summed E-state index contributed by atoms with van der Waals surface area (Å²) in [5, 5.41) is 3.31. The SMILES string of the molecule is COCCNCCCc1ncc(-c2cc(C)c(Br)s2)o1. The Morgan fingerprint density at radius 2 is 2.30 bits per heavy atom. The van der Waals surface area contributed by atoms with Crippen molar-refractivity contribution in [1.29, 1.82) is 0 Å². The average Bonchev–Trinajstić information content (AvgIpc) is 3.02. The van der Waals surface area contributed by atoms with E-state index in [0.717, 1.165) is 52.9 Å². The van der Waals surface area contributed by atoms with Gasteiger partial charge in [-0.3, -0.25) is 0 Å². The predicted molar refractivity (Wildman–Crippen MR) is 85.3 cm³/mol. The number of nitrogens with zero attached hydrogens (tertiary/aromatic N) is 1. The number of ether oxygens (including phenoxy) is 1. The van der Waals surface area contributed by atoms with Crippen molar-refractivity contribution in [2.45, 2.75) is 19.8 Å². The fraction of sp³-hybridized carbons (Fsp3) is 0.500. The smallest absolute Gasteiger partial charge is 0.194 e. The molecule has 0 bridgehead atoms.